The van der Waals surface area contributed by atoms with E-state index in [1.54, 1.807) is 0 Å². The molecule has 0 spiro atoms. The average molecular weight is 407 g/mol. The summed E-state index contributed by atoms with van der Waals surface area (Å²) in [5.74, 6) is 0.926. The number of hydrogen-bond donors (Lipinski definition) is 4. The van der Waals surface area contributed by atoms with Crippen LogP contribution in [0.3, 0.4) is 0 Å². The Balaban J connectivity index is 1.49. The highest BCUT2D eigenvalue weighted by molar-refractivity contribution is 7.58. The van der Waals surface area contributed by atoms with Crippen molar-refractivity contribution in [2.75, 3.05) is 18.9 Å². The van der Waals surface area contributed by atoms with Gasteiger partial charge >= 0.3 is 0 Å². The van der Waals surface area contributed by atoms with Crippen molar-refractivity contribution in [2.24, 2.45) is 5.92 Å². The normalized spacial score (nSPS) is 19.8. The molecule has 1 saturated carbocycles. The quantitative estimate of drug-likeness (QED) is 0.471. The summed E-state index contributed by atoms with van der Waals surface area (Å²) >= 11 is 0. The first-order valence-corrected chi connectivity index (χ1v) is 12.0. The van der Waals surface area contributed by atoms with Crippen molar-refractivity contribution in [1.82, 2.24) is 25.9 Å². The van der Waals surface area contributed by atoms with Crippen LogP contribution in [0.15, 0.2) is 24.3 Å². The van der Waals surface area contributed by atoms with E-state index in [4.69, 9.17) is 0 Å². The van der Waals surface area contributed by atoms with Crippen LogP contribution in [0.4, 0.5) is 0 Å². The van der Waals surface area contributed by atoms with Crippen LogP contribution in [0, 0.1) is 5.92 Å². The predicted octanol–water partition coefficient (Wildman–Crippen LogP) is 2.73. The van der Waals surface area contributed by atoms with Crippen molar-refractivity contribution in [1.29, 1.82) is 0 Å². The fraction of sp³-hybridized carbons (Fsp3) is 0.632. The lowest BCUT2D eigenvalue weighted by atomic mass is 9.91. The molecule has 154 valence electrons. The van der Waals surface area contributed by atoms with Gasteiger partial charge in [-0.1, -0.05) is 37.5 Å². The Morgan fingerprint density at radius 2 is 2.11 bits per heavy atom. The van der Waals surface area contributed by atoms with Gasteiger partial charge in [-0.3, -0.25) is 4.57 Å². The van der Waals surface area contributed by atoms with E-state index >= 15 is 0 Å². The van der Waals surface area contributed by atoms with E-state index < -0.39 is 13.5 Å². The summed E-state index contributed by atoms with van der Waals surface area (Å²) in [7, 11) is -3.31. The summed E-state index contributed by atoms with van der Waals surface area (Å²) < 4.78 is 12.5. The number of rotatable bonds is 9. The molecule has 8 nitrogen and oxygen atoms in total. The zero-order chi connectivity index (χ0) is 20.0. The van der Waals surface area contributed by atoms with E-state index in [1.807, 2.05) is 31.2 Å². The van der Waals surface area contributed by atoms with Crippen molar-refractivity contribution in [3.63, 3.8) is 0 Å². The molecule has 0 amide bonds. The van der Waals surface area contributed by atoms with Gasteiger partial charge in [0.1, 0.15) is 0 Å². The summed E-state index contributed by atoms with van der Waals surface area (Å²) in [6.45, 7) is 2.26. The van der Waals surface area contributed by atoms with Crippen LogP contribution in [0.2, 0.25) is 0 Å². The Kier molecular flexibility index (Phi) is 7.35. The first kappa shape index (κ1) is 21.1. The fourth-order valence-corrected chi connectivity index (χ4v) is 6.02. The van der Waals surface area contributed by atoms with Crippen LogP contribution in [-0.4, -0.2) is 55.6 Å². The monoisotopic (exact) mass is 407 g/mol. The van der Waals surface area contributed by atoms with Crippen LogP contribution in [-0.2, 0) is 4.57 Å². The molecule has 1 aliphatic rings. The molecule has 0 saturated heterocycles. The van der Waals surface area contributed by atoms with Crippen LogP contribution in [0.1, 0.15) is 50.6 Å². The first-order valence-electron chi connectivity index (χ1n) is 9.99. The molecule has 0 aliphatic heterocycles. The van der Waals surface area contributed by atoms with Crippen LogP contribution in [0.5, 0.6) is 0 Å². The summed E-state index contributed by atoms with van der Waals surface area (Å²) in [5, 5.41) is 27.4. The Bertz CT molecular complexity index is 780. The summed E-state index contributed by atoms with van der Waals surface area (Å²) in [6, 6.07) is 7.78. The zero-order valence-corrected chi connectivity index (χ0v) is 17.2. The minimum absolute atomic E-state index is 0.0260. The minimum atomic E-state index is -3.31. The number of aromatic amines is 1. The highest BCUT2D eigenvalue weighted by atomic mass is 31.2. The van der Waals surface area contributed by atoms with E-state index in [0.29, 0.717) is 17.9 Å². The molecular weight excluding hydrogens is 377 g/mol. The van der Waals surface area contributed by atoms with Gasteiger partial charge in [0, 0.05) is 24.3 Å². The number of tetrazole rings is 1. The van der Waals surface area contributed by atoms with E-state index in [2.05, 4.69) is 25.9 Å². The molecule has 1 fully saturated rings. The highest BCUT2D eigenvalue weighted by Gasteiger charge is 2.28. The molecule has 2 aromatic rings. The average Bonchev–Trinajstić information content (AvgIpc) is 3.21. The molecule has 3 rings (SSSR count). The Labute approximate surface area is 165 Å². The van der Waals surface area contributed by atoms with E-state index in [1.165, 1.54) is 6.42 Å². The van der Waals surface area contributed by atoms with E-state index in [9.17, 15) is 14.6 Å². The van der Waals surface area contributed by atoms with Gasteiger partial charge in [0.25, 0.3) is 0 Å². The minimum Gasteiger partial charge on any atom is -0.391 e. The van der Waals surface area contributed by atoms with Crippen molar-refractivity contribution in [3.8, 4) is 11.4 Å². The summed E-state index contributed by atoms with van der Waals surface area (Å²) in [4.78, 5) is 10.3. The van der Waals surface area contributed by atoms with Gasteiger partial charge in [-0.15, -0.1) is 5.10 Å². The number of H-pyrrole nitrogens is 1. The highest BCUT2D eigenvalue weighted by Crippen LogP contribution is 2.45. The molecule has 1 aromatic heterocycles. The zero-order valence-electron chi connectivity index (χ0n) is 16.3. The molecule has 1 heterocycles. The standard InChI is InChI=1S/C19H30N5O3P/c1-14(16-8-5-9-17(10-16)19-21-23-24-22-19)20-11-18(25)13-28(26,27)12-15-6-3-2-4-7-15/h5,8-10,14-15,18,20,25H,2-4,6-7,11-13H2,1H3,(H,26,27)(H,21,22,23,24)/t14?,18-/m0/s1. The third kappa shape index (κ3) is 6.21. The third-order valence-corrected chi connectivity index (χ3v) is 7.51. The Morgan fingerprint density at radius 3 is 2.82 bits per heavy atom. The van der Waals surface area contributed by atoms with Crippen molar-refractivity contribution >= 4 is 7.37 Å². The first-order chi connectivity index (χ1) is 13.4. The number of benzene rings is 1. The second-order valence-electron chi connectivity index (χ2n) is 7.87. The molecular formula is C19H30N5O3P. The van der Waals surface area contributed by atoms with Crippen LogP contribution >= 0.6 is 7.37 Å². The van der Waals surface area contributed by atoms with Gasteiger partial charge in [0.2, 0.25) is 7.37 Å². The number of aliphatic hydroxyl groups excluding tert-OH is 1. The van der Waals surface area contributed by atoms with Crippen molar-refractivity contribution in [3.05, 3.63) is 29.8 Å². The topological polar surface area (TPSA) is 124 Å². The lowest BCUT2D eigenvalue weighted by molar-refractivity contribution is 0.186. The van der Waals surface area contributed by atoms with Gasteiger partial charge in [-0.25, -0.2) is 5.10 Å². The Hall–Kier alpha value is -1.60. The predicted molar refractivity (Wildman–Crippen MR) is 108 cm³/mol. The van der Waals surface area contributed by atoms with E-state index in [0.717, 1.165) is 36.8 Å². The maximum Gasteiger partial charge on any atom is 0.203 e. The Morgan fingerprint density at radius 1 is 1.32 bits per heavy atom. The van der Waals surface area contributed by atoms with Gasteiger partial charge in [0.05, 0.1) is 12.3 Å². The molecule has 4 N–H and O–H groups in total. The molecule has 1 aromatic carbocycles. The second-order valence-corrected chi connectivity index (χ2v) is 10.3. The number of nitrogens with zero attached hydrogens (tertiary/aromatic N) is 3. The molecule has 2 unspecified atom stereocenters. The third-order valence-electron chi connectivity index (χ3n) is 5.43. The summed E-state index contributed by atoms with van der Waals surface area (Å²) in [6.07, 6.45) is 5.04. The smallest absolute Gasteiger partial charge is 0.203 e. The van der Waals surface area contributed by atoms with Crippen LogP contribution < -0.4 is 5.32 Å². The fourth-order valence-electron chi connectivity index (χ4n) is 3.91. The van der Waals surface area contributed by atoms with Gasteiger partial charge in [0.15, 0.2) is 5.82 Å². The number of aromatic nitrogens is 4. The molecule has 28 heavy (non-hydrogen) atoms. The number of hydrogen-bond acceptors (Lipinski definition) is 6. The van der Waals surface area contributed by atoms with Crippen molar-refractivity contribution in [2.45, 2.75) is 51.2 Å². The molecule has 1 aliphatic carbocycles. The van der Waals surface area contributed by atoms with Crippen LogP contribution in [0.25, 0.3) is 11.4 Å². The number of nitrogens with one attached hydrogen (secondary N) is 2. The lowest BCUT2D eigenvalue weighted by Crippen LogP contribution is -2.32. The lowest BCUT2D eigenvalue weighted by Gasteiger charge is -2.25. The van der Waals surface area contributed by atoms with Gasteiger partial charge < -0.3 is 15.3 Å². The van der Waals surface area contributed by atoms with Gasteiger partial charge in [-0.05, 0) is 47.7 Å². The molecule has 3 atom stereocenters. The SMILES string of the molecule is CC(NC[C@H](O)CP(=O)(O)CC1CCCCC1)c1cccc(-c2nnn[nH]2)c1. The molecule has 0 radical (unpaired) electrons. The maximum atomic E-state index is 12.5. The molecule has 0 bridgehead atoms. The molecule has 9 heteroatoms. The summed E-state index contributed by atoms with van der Waals surface area (Å²) in [5.41, 5.74) is 1.90. The maximum absolute atomic E-state index is 12.5. The number of aliphatic hydroxyl groups is 1. The van der Waals surface area contributed by atoms with E-state index in [-0.39, 0.29) is 18.7 Å². The largest absolute Gasteiger partial charge is 0.391 e. The second kappa shape index (κ2) is 9.74. The van der Waals surface area contributed by atoms with Crippen molar-refractivity contribution < 1.29 is 14.6 Å². The van der Waals surface area contributed by atoms with Gasteiger partial charge in [-0.2, -0.15) is 0 Å².